The van der Waals surface area contributed by atoms with Gasteiger partial charge in [-0.3, -0.25) is 9.59 Å². The molecule has 0 spiro atoms. The summed E-state index contributed by atoms with van der Waals surface area (Å²) in [7, 11) is -6.03. The fraction of sp³-hybridized carbons (Fsp3) is 0.238. The maximum Gasteiger partial charge on any atom is 0.534 e. The summed E-state index contributed by atoms with van der Waals surface area (Å²) in [6.07, 6.45) is 0. The van der Waals surface area contributed by atoms with Crippen LogP contribution in [0.1, 0.15) is 20.8 Å². The predicted molar refractivity (Wildman–Crippen MR) is 109 cm³/mol. The molecule has 1 aromatic heterocycles. The Balaban J connectivity index is 2.24. The number of carbonyl (C=O) groups is 1. The van der Waals surface area contributed by atoms with Crippen molar-refractivity contribution in [3.05, 3.63) is 58.8 Å². The van der Waals surface area contributed by atoms with Gasteiger partial charge < -0.3 is 13.3 Å². The summed E-state index contributed by atoms with van der Waals surface area (Å²) in [5.41, 5.74) is -7.24. The van der Waals surface area contributed by atoms with Gasteiger partial charge in [-0.1, -0.05) is 30.3 Å². The molecule has 0 atom stereocenters. The zero-order chi connectivity index (χ0) is 23.9. The Morgan fingerprint density at radius 1 is 1.00 bits per heavy atom. The van der Waals surface area contributed by atoms with Crippen molar-refractivity contribution in [3.8, 4) is 22.8 Å². The molecule has 0 unspecified atom stereocenters. The van der Waals surface area contributed by atoms with E-state index in [0.29, 0.717) is 11.6 Å². The van der Waals surface area contributed by atoms with Gasteiger partial charge in [-0.25, -0.2) is 0 Å². The van der Waals surface area contributed by atoms with Crippen LogP contribution in [0.3, 0.4) is 0 Å². The molecule has 0 saturated heterocycles. The van der Waals surface area contributed by atoms with Crippen LogP contribution in [0.5, 0.6) is 11.5 Å². The van der Waals surface area contributed by atoms with E-state index in [4.69, 9.17) is 9.15 Å². The molecule has 0 fully saturated rings. The lowest BCUT2D eigenvalue weighted by molar-refractivity contribution is -0.142. The highest BCUT2D eigenvalue weighted by atomic mass is 32.2. The van der Waals surface area contributed by atoms with Gasteiger partial charge in [0, 0.05) is 23.8 Å². The molecule has 0 radical (unpaired) electrons. The van der Waals surface area contributed by atoms with Gasteiger partial charge in [-0.15, -0.1) is 0 Å². The number of halogens is 3. The Kier molecular flexibility index (Phi) is 5.81. The fourth-order valence-corrected chi connectivity index (χ4v) is 2.97. The van der Waals surface area contributed by atoms with Crippen molar-refractivity contribution in [2.45, 2.75) is 26.3 Å². The summed E-state index contributed by atoms with van der Waals surface area (Å²) in [6.45, 7) is 4.55. The van der Waals surface area contributed by atoms with Crippen LogP contribution >= 0.6 is 0 Å². The second-order valence-corrected chi connectivity index (χ2v) is 9.30. The number of hydrogen-bond donors (Lipinski definition) is 0. The molecule has 0 amide bonds. The molecule has 1 heterocycles. The second kappa shape index (κ2) is 7.97. The van der Waals surface area contributed by atoms with Gasteiger partial charge in [0.2, 0.25) is 0 Å². The maximum atomic E-state index is 12.8. The molecule has 0 N–H and O–H groups in total. The quantitative estimate of drug-likeness (QED) is 0.237. The van der Waals surface area contributed by atoms with Crippen molar-refractivity contribution < 1.29 is 39.7 Å². The second-order valence-electron chi connectivity index (χ2n) is 7.76. The minimum absolute atomic E-state index is 0.0621. The van der Waals surface area contributed by atoms with Gasteiger partial charge >= 0.3 is 21.6 Å². The van der Waals surface area contributed by atoms with Gasteiger partial charge in [-0.2, -0.15) is 21.6 Å². The largest absolute Gasteiger partial charge is 0.534 e. The molecular weight excluding hydrogens is 453 g/mol. The van der Waals surface area contributed by atoms with Gasteiger partial charge in [-0.05, 0) is 20.8 Å². The number of fused-ring (bicyclic) bond motifs is 1. The standard InChI is InChI=1S/C21H17F3O7S/c1-20(2,3)19(26)30-17-10-13(31-32(27,28)21(22,23)24)9-16-18(17)14(25)11-15(29-16)12-7-5-4-6-8-12/h4-11H,1-3H3. The average Bonchev–Trinajstić information content (AvgIpc) is 2.66. The number of ether oxygens (including phenoxy) is 1. The van der Waals surface area contributed by atoms with E-state index in [9.17, 15) is 31.2 Å². The number of benzene rings is 2. The smallest absolute Gasteiger partial charge is 0.456 e. The van der Waals surface area contributed by atoms with Crippen LogP contribution in [0.2, 0.25) is 0 Å². The molecule has 170 valence electrons. The number of esters is 1. The van der Waals surface area contributed by atoms with E-state index in [1.807, 2.05) is 0 Å². The van der Waals surface area contributed by atoms with E-state index in [1.165, 1.54) is 20.8 Å². The predicted octanol–water partition coefficient (Wildman–Crippen LogP) is 4.64. The van der Waals surface area contributed by atoms with Crippen LogP contribution in [0.25, 0.3) is 22.3 Å². The molecule has 0 aliphatic rings. The SMILES string of the molecule is CC(C)(C)C(=O)Oc1cc(OS(=O)(=O)C(F)(F)F)cc2oc(-c3ccccc3)cc(=O)c12. The first-order chi connectivity index (χ1) is 14.7. The molecule has 11 heteroatoms. The van der Waals surface area contributed by atoms with Crippen LogP contribution in [-0.4, -0.2) is 19.9 Å². The molecule has 7 nitrogen and oxygen atoms in total. The van der Waals surface area contributed by atoms with Crippen molar-refractivity contribution in [2.24, 2.45) is 5.41 Å². The van der Waals surface area contributed by atoms with Crippen molar-refractivity contribution in [1.29, 1.82) is 0 Å². The van der Waals surface area contributed by atoms with E-state index in [2.05, 4.69) is 4.18 Å². The Morgan fingerprint density at radius 2 is 1.62 bits per heavy atom. The van der Waals surface area contributed by atoms with Crippen LogP contribution in [0.15, 0.2) is 57.7 Å². The first kappa shape index (κ1) is 23.3. The third-order valence-electron chi connectivity index (χ3n) is 4.13. The highest BCUT2D eigenvalue weighted by molar-refractivity contribution is 7.88. The molecule has 32 heavy (non-hydrogen) atoms. The number of alkyl halides is 3. The van der Waals surface area contributed by atoms with E-state index in [1.54, 1.807) is 30.3 Å². The van der Waals surface area contributed by atoms with E-state index < -0.39 is 43.9 Å². The molecule has 3 aromatic rings. The number of rotatable bonds is 4. The minimum atomic E-state index is -6.03. The van der Waals surface area contributed by atoms with E-state index in [-0.39, 0.29) is 16.7 Å². The highest BCUT2D eigenvalue weighted by Crippen LogP contribution is 2.35. The van der Waals surface area contributed by atoms with Gasteiger partial charge in [0.05, 0.1) is 5.41 Å². The number of hydrogen-bond acceptors (Lipinski definition) is 7. The van der Waals surface area contributed by atoms with Crippen molar-refractivity contribution in [2.75, 3.05) is 0 Å². The maximum absolute atomic E-state index is 12.8. The Hall–Kier alpha value is -3.34. The third kappa shape index (κ3) is 4.77. The lowest BCUT2D eigenvalue weighted by atomic mass is 9.97. The topological polar surface area (TPSA) is 99.9 Å². The summed E-state index contributed by atoms with van der Waals surface area (Å²) in [5.74, 6) is -2.10. The van der Waals surface area contributed by atoms with Crippen molar-refractivity contribution >= 4 is 27.1 Å². The van der Waals surface area contributed by atoms with Gasteiger partial charge in [0.25, 0.3) is 0 Å². The Bertz CT molecular complexity index is 1340. The summed E-state index contributed by atoms with van der Waals surface area (Å²) in [5, 5.41) is -0.265. The lowest BCUT2D eigenvalue weighted by Crippen LogP contribution is -2.28. The van der Waals surface area contributed by atoms with Crippen LogP contribution in [0, 0.1) is 5.41 Å². The summed E-state index contributed by atoms with van der Waals surface area (Å²) >= 11 is 0. The van der Waals surface area contributed by atoms with Crippen molar-refractivity contribution in [1.82, 2.24) is 0 Å². The van der Waals surface area contributed by atoms with Crippen molar-refractivity contribution in [3.63, 3.8) is 0 Å². The zero-order valence-electron chi connectivity index (χ0n) is 17.0. The van der Waals surface area contributed by atoms with Gasteiger partial charge in [0.15, 0.2) is 5.43 Å². The summed E-state index contributed by atoms with van der Waals surface area (Å²) in [6, 6.07) is 11.0. The van der Waals surface area contributed by atoms with E-state index in [0.717, 1.165) is 12.1 Å². The molecule has 0 saturated carbocycles. The number of carbonyl (C=O) groups excluding carboxylic acids is 1. The lowest BCUT2D eigenvalue weighted by Gasteiger charge is -2.18. The van der Waals surface area contributed by atoms with Gasteiger partial charge in [0.1, 0.15) is 28.2 Å². The Labute approximate surface area is 180 Å². The fourth-order valence-electron chi connectivity index (χ4n) is 2.53. The monoisotopic (exact) mass is 470 g/mol. The first-order valence-corrected chi connectivity index (χ1v) is 10.5. The minimum Gasteiger partial charge on any atom is -0.456 e. The molecule has 2 aromatic carbocycles. The molecular formula is C21H17F3O7S. The molecule has 0 bridgehead atoms. The van der Waals surface area contributed by atoms with Crippen LogP contribution < -0.4 is 14.3 Å². The average molecular weight is 470 g/mol. The normalized spacial score (nSPS) is 12.6. The molecule has 0 aliphatic heterocycles. The van der Waals surface area contributed by atoms with E-state index >= 15 is 0 Å². The highest BCUT2D eigenvalue weighted by Gasteiger charge is 2.48. The Morgan fingerprint density at radius 3 is 2.19 bits per heavy atom. The first-order valence-electron chi connectivity index (χ1n) is 9.09. The molecule has 0 aliphatic carbocycles. The summed E-state index contributed by atoms with van der Waals surface area (Å²) < 4.78 is 76.2. The third-order valence-corrected chi connectivity index (χ3v) is 5.11. The van der Waals surface area contributed by atoms with Crippen LogP contribution in [-0.2, 0) is 14.9 Å². The zero-order valence-corrected chi connectivity index (χ0v) is 17.8. The summed E-state index contributed by atoms with van der Waals surface area (Å²) in [4.78, 5) is 25.1. The van der Waals surface area contributed by atoms with Crippen LogP contribution in [0.4, 0.5) is 13.2 Å². The molecule has 3 rings (SSSR count).